The summed E-state index contributed by atoms with van der Waals surface area (Å²) in [6.07, 6.45) is 0. The molecule has 0 spiro atoms. The van der Waals surface area contributed by atoms with Crippen LogP contribution in [0.3, 0.4) is 0 Å². The summed E-state index contributed by atoms with van der Waals surface area (Å²) in [4.78, 5) is 24.7. The average molecular weight is 384 g/mol. The van der Waals surface area contributed by atoms with Crippen LogP contribution in [0.4, 0.5) is 0 Å². The van der Waals surface area contributed by atoms with Gasteiger partial charge in [-0.1, -0.05) is 85.4 Å². The lowest BCUT2D eigenvalue weighted by molar-refractivity contribution is -0.114. The highest BCUT2D eigenvalue weighted by molar-refractivity contribution is 7.07. The summed E-state index contributed by atoms with van der Waals surface area (Å²) >= 11 is 0. The maximum Gasteiger partial charge on any atom is 0.302 e. The fourth-order valence-electron chi connectivity index (χ4n) is 3.07. The summed E-state index contributed by atoms with van der Waals surface area (Å²) in [5, 5.41) is 4.62. The van der Waals surface area contributed by atoms with Crippen molar-refractivity contribution >= 4 is 30.3 Å². The Balaban J connectivity index is 1.89. The molecule has 0 fully saturated rings. The van der Waals surface area contributed by atoms with E-state index in [1.807, 2.05) is 79.7 Å². The molecule has 0 aliphatic rings. The predicted octanol–water partition coefficient (Wildman–Crippen LogP) is 2.69. The molecule has 2 amide bonds. The molecule has 3 nitrogen and oxygen atoms in total. The van der Waals surface area contributed by atoms with Gasteiger partial charge in [0.1, 0.15) is 0 Å². The van der Waals surface area contributed by atoms with E-state index in [0.717, 1.165) is 15.9 Å². The highest BCUT2D eigenvalue weighted by Gasteiger charge is 2.30. The van der Waals surface area contributed by atoms with Gasteiger partial charge in [0.05, 0.1) is 0 Å². The zero-order chi connectivity index (χ0) is 20.0. The molecule has 0 unspecified atom stereocenters. The summed E-state index contributed by atoms with van der Waals surface area (Å²) in [6, 6.07) is 27.2. The van der Waals surface area contributed by atoms with Crippen molar-refractivity contribution in [2.45, 2.75) is 13.5 Å². The molecule has 0 aromatic heterocycles. The topological polar surface area (TPSA) is 46.2 Å². The minimum Gasteiger partial charge on any atom is -0.281 e. The van der Waals surface area contributed by atoms with Gasteiger partial charge in [-0.15, -0.1) is 5.54 Å². The first-order valence-corrected chi connectivity index (χ1v) is 11.6. The van der Waals surface area contributed by atoms with Crippen LogP contribution >= 0.6 is 0 Å². The molecule has 4 heteroatoms. The lowest BCUT2D eigenvalue weighted by Gasteiger charge is -2.22. The SMILES string of the molecule is Cc1ccccc1C(=O)NC(=O)C#C[Si](C)(c1ccccc1)c1ccccc1. The van der Waals surface area contributed by atoms with Crippen LogP contribution in [-0.2, 0) is 4.79 Å². The molecule has 28 heavy (non-hydrogen) atoms. The fraction of sp³-hybridized carbons (Fsp3) is 0.0833. The highest BCUT2D eigenvalue weighted by atomic mass is 28.3. The molecular weight excluding hydrogens is 362 g/mol. The third-order valence-electron chi connectivity index (χ3n) is 4.75. The Hall–Kier alpha value is -3.42. The Morgan fingerprint density at radius 2 is 1.29 bits per heavy atom. The van der Waals surface area contributed by atoms with Crippen molar-refractivity contribution in [2.24, 2.45) is 0 Å². The lowest BCUT2D eigenvalue weighted by atomic mass is 10.1. The molecule has 0 atom stereocenters. The van der Waals surface area contributed by atoms with Gasteiger partial charge < -0.3 is 0 Å². The number of amides is 2. The van der Waals surface area contributed by atoms with Gasteiger partial charge in [-0.25, -0.2) is 0 Å². The van der Waals surface area contributed by atoms with Crippen LogP contribution in [0.15, 0.2) is 84.9 Å². The van der Waals surface area contributed by atoms with E-state index in [1.165, 1.54) is 0 Å². The number of hydrogen-bond acceptors (Lipinski definition) is 2. The highest BCUT2D eigenvalue weighted by Crippen LogP contribution is 2.07. The van der Waals surface area contributed by atoms with E-state index >= 15 is 0 Å². The summed E-state index contributed by atoms with van der Waals surface area (Å²) in [7, 11) is -2.44. The molecule has 0 aliphatic heterocycles. The van der Waals surface area contributed by atoms with E-state index in [1.54, 1.807) is 12.1 Å². The van der Waals surface area contributed by atoms with E-state index in [4.69, 9.17) is 0 Å². The Labute approximate surface area is 166 Å². The molecule has 3 aromatic carbocycles. The van der Waals surface area contributed by atoms with Crippen LogP contribution in [0.5, 0.6) is 0 Å². The van der Waals surface area contributed by atoms with Crippen LogP contribution in [0, 0.1) is 18.4 Å². The first kappa shape index (κ1) is 19.3. The molecular formula is C24H21NO2Si. The fourth-order valence-corrected chi connectivity index (χ4v) is 5.77. The summed E-state index contributed by atoms with van der Waals surface area (Å²) in [6.45, 7) is 3.95. The van der Waals surface area contributed by atoms with Crippen molar-refractivity contribution < 1.29 is 9.59 Å². The van der Waals surface area contributed by atoms with Crippen LogP contribution in [0.1, 0.15) is 15.9 Å². The largest absolute Gasteiger partial charge is 0.302 e. The molecule has 3 aromatic rings. The number of hydrogen-bond donors (Lipinski definition) is 1. The number of carbonyl (C=O) groups is 2. The van der Waals surface area contributed by atoms with E-state index in [0.29, 0.717) is 5.56 Å². The zero-order valence-corrected chi connectivity index (χ0v) is 16.9. The normalized spacial score (nSPS) is 10.5. The smallest absolute Gasteiger partial charge is 0.281 e. The first-order valence-electron chi connectivity index (χ1n) is 9.06. The maximum atomic E-state index is 12.4. The number of aryl methyl sites for hydroxylation is 1. The Bertz CT molecular complexity index is 1010. The van der Waals surface area contributed by atoms with Crippen molar-refractivity contribution in [1.82, 2.24) is 5.32 Å². The maximum absolute atomic E-state index is 12.4. The first-order chi connectivity index (χ1) is 13.5. The third kappa shape index (κ3) is 4.28. The van der Waals surface area contributed by atoms with Crippen molar-refractivity contribution in [3.05, 3.63) is 96.1 Å². The van der Waals surface area contributed by atoms with Crippen LogP contribution in [0.25, 0.3) is 0 Å². The summed E-state index contributed by atoms with van der Waals surface area (Å²) < 4.78 is 0. The molecule has 138 valence electrons. The number of carbonyl (C=O) groups excluding carboxylic acids is 2. The van der Waals surface area contributed by atoms with Crippen molar-refractivity contribution in [2.75, 3.05) is 0 Å². The van der Waals surface area contributed by atoms with Crippen molar-refractivity contribution in [3.8, 4) is 11.5 Å². The molecule has 0 bridgehead atoms. The van der Waals surface area contributed by atoms with Crippen LogP contribution in [0.2, 0.25) is 6.55 Å². The molecule has 0 saturated heterocycles. The molecule has 1 N–H and O–H groups in total. The quantitative estimate of drug-likeness (QED) is 0.558. The van der Waals surface area contributed by atoms with E-state index in [-0.39, 0.29) is 0 Å². The molecule has 0 radical (unpaired) electrons. The molecule has 3 rings (SSSR count). The Kier molecular flexibility index (Phi) is 5.88. The average Bonchev–Trinajstić information content (AvgIpc) is 2.73. The summed E-state index contributed by atoms with van der Waals surface area (Å²) in [5.41, 5.74) is 4.51. The third-order valence-corrected chi connectivity index (χ3v) is 8.35. The van der Waals surface area contributed by atoms with Gasteiger partial charge in [0, 0.05) is 5.56 Å². The minimum atomic E-state index is -2.44. The second kappa shape index (κ2) is 8.51. The lowest BCUT2D eigenvalue weighted by Crippen LogP contribution is -2.55. The van der Waals surface area contributed by atoms with Crippen LogP contribution in [-0.4, -0.2) is 19.9 Å². The second-order valence-corrected chi connectivity index (χ2v) is 10.4. The standard InChI is InChI=1S/C24H21NO2Si/c1-19-11-9-10-16-22(19)24(27)25-23(26)17-18-28(2,20-12-5-3-6-13-20)21-14-7-4-8-15-21/h3-16H,1-2H3,(H,25,26,27). The van der Waals surface area contributed by atoms with E-state index in [9.17, 15) is 9.59 Å². The monoisotopic (exact) mass is 383 g/mol. The number of rotatable bonds is 3. The van der Waals surface area contributed by atoms with Gasteiger partial charge in [-0.05, 0) is 34.8 Å². The molecule has 0 aliphatic carbocycles. The van der Waals surface area contributed by atoms with Crippen molar-refractivity contribution in [1.29, 1.82) is 0 Å². The van der Waals surface area contributed by atoms with Gasteiger partial charge in [0.15, 0.2) is 8.07 Å². The molecule has 0 saturated carbocycles. The predicted molar refractivity (Wildman–Crippen MR) is 115 cm³/mol. The Morgan fingerprint density at radius 1 is 0.786 bits per heavy atom. The van der Waals surface area contributed by atoms with Crippen LogP contribution < -0.4 is 15.7 Å². The van der Waals surface area contributed by atoms with Gasteiger partial charge in [-0.2, -0.15) is 0 Å². The second-order valence-electron chi connectivity index (χ2n) is 6.71. The number of benzene rings is 3. The van der Waals surface area contributed by atoms with E-state index in [2.05, 4.69) is 23.3 Å². The summed E-state index contributed by atoms with van der Waals surface area (Å²) in [5.74, 6) is 1.67. The minimum absolute atomic E-state index is 0.430. The van der Waals surface area contributed by atoms with Crippen molar-refractivity contribution in [3.63, 3.8) is 0 Å². The number of imide groups is 1. The number of nitrogens with one attached hydrogen (secondary N) is 1. The van der Waals surface area contributed by atoms with E-state index < -0.39 is 19.9 Å². The Morgan fingerprint density at radius 3 is 1.82 bits per heavy atom. The van der Waals surface area contributed by atoms with Gasteiger partial charge in [-0.3, -0.25) is 14.9 Å². The van der Waals surface area contributed by atoms with Gasteiger partial charge in [0.2, 0.25) is 0 Å². The zero-order valence-electron chi connectivity index (χ0n) is 15.9. The van der Waals surface area contributed by atoms with Gasteiger partial charge in [0.25, 0.3) is 5.91 Å². The van der Waals surface area contributed by atoms with Gasteiger partial charge >= 0.3 is 5.91 Å². The molecule has 0 heterocycles.